The monoisotopic (exact) mass is 289 g/mol. The summed E-state index contributed by atoms with van der Waals surface area (Å²) in [5.74, 6) is -0.0754. The number of rotatable bonds is 4. The summed E-state index contributed by atoms with van der Waals surface area (Å²) < 4.78 is 19.9. The Bertz CT molecular complexity index is 641. The summed E-state index contributed by atoms with van der Waals surface area (Å²) in [6, 6.07) is 5.45. The highest BCUT2D eigenvalue weighted by Crippen LogP contribution is 2.23. The number of Topliss-reactive ketones (excluding diaryl/α,β-unsaturated/α-hetero) is 1. The van der Waals surface area contributed by atoms with Crippen molar-refractivity contribution in [1.29, 1.82) is 0 Å². The number of ether oxygens (including phenoxy) is 1. The quantitative estimate of drug-likeness (QED) is 0.641. The van der Waals surface area contributed by atoms with E-state index in [0.29, 0.717) is 5.75 Å². The molecule has 6 heteroatoms. The Morgan fingerprint density at radius 1 is 1.29 bits per heavy atom. The van der Waals surface area contributed by atoms with Crippen LogP contribution in [0, 0.1) is 11.2 Å². The van der Waals surface area contributed by atoms with E-state index in [1.165, 1.54) is 47.8 Å². The van der Waals surface area contributed by atoms with Crippen molar-refractivity contribution in [2.24, 2.45) is 5.41 Å². The van der Waals surface area contributed by atoms with Gasteiger partial charge in [0, 0.05) is 5.41 Å². The molecule has 0 amide bonds. The Morgan fingerprint density at radius 2 is 1.95 bits per heavy atom. The molecule has 0 unspecified atom stereocenters. The standard InChI is InChI=1S/C15H16FN3O2/c1-15(2,3)14(20)13(8-19-10-17-9-18-19)21-12-6-4-11(16)5-7-12/h4-10H,1-3H3/b13-8+. The Hall–Kier alpha value is -2.50. The van der Waals surface area contributed by atoms with Gasteiger partial charge in [-0.05, 0) is 24.3 Å². The van der Waals surface area contributed by atoms with Crippen molar-refractivity contribution in [2.75, 3.05) is 0 Å². The number of nitrogens with zero attached hydrogens (tertiary/aromatic N) is 3. The van der Waals surface area contributed by atoms with Crippen LogP contribution in [0.3, 0.4) is 0 Å². The molecule has 0 radical (unpaired) electrons. The molecule has 0 aliphatic rings. The Balaban J connectivity index is 2.32. The molecule has 2 aromatic rings. The highest BCUT2D eigenvalue weighted by Gasteiger charge is 2.27. The van der Waals surface area contributed by atoms with Crippen LogP contribution in [0.15, 0.2) is 42.7 Å². The molecule has 2 rings (SSSR count). The molecule has 110 valence electrons. The molecule has 21 heavy (non-hydrogen) atoms. The lowest BCUT2D eigenvalue weighted by Gasteiger charge is -2.19. The van der Waals surface area contributed by atoms with E-state index in [-0.39, 0.29) is 17.4 Å². The van der Waals surface area contributed by atoms with Gasteiger partial charge < -0.3 is 4.74 Å². The fourth-order valence-electron chi connectivity index (χ4n) is 1.53. The first-order chi connectivity index (χ1) is 9.86. The molecule has 0 saturated heterocycles. The van der Waals surface area contributed by atoms with Gasteiger partial charge in [-0.25, -0.2) is 14.1 Å². The second kappa shape index (κ2) is 5.87. The summed E-state index contributed by atoms with van der Waals surface area (Å²) in [5.41, 5.74) is -0.619. The van der Waals surface area contributed by atoms with Gasteiger partial charge in [0.1, 0.15) is 24.2 Å². The lowest BCUT2D eigenvalue weighted by atomic mass is 9.90. The van der Waals surface area contributed by atoms with Crippen LogP contribution in [0.1, 0.15) is 20.8 Å². The molecule has 0 bridgehead atoms. The van der Waals surface area contributed by atoms with Gasteiger partial charge in [-0.1, -0.05) is 20.8 Å². The van der Waals surface area contributed by atoms with Crippen LogP contribution in [0.4, 0.5) is 4.39 Å². The van der Waals surface area contributed by atoms with Crippen LogP contribution in [-0.4, -0.2) is 20.5 Å². The van der Waals surface area contributed by atoms with Crippen molar-refractivity contribution in [3.8, 4) is 5.75 Å². The van der Waals surface area contributed by atoms with Crippen LogP contribution in [-0.2, 0) is 4.79 Å². The highest BCUT2D eigenvalue weighted by molar-refractivity contribution is 6.00. The van der Waals surface area contributed by atoms with Gasteiger partial charge in [0.2, 0.25) is 5.78 Å². The van der Waals surface area contributed by atoms with Gasteiger partial charge in [0.25, 0.3) is 0 Å². The first-order valence-corrected chi connectivity index (χ1v) is 6.40. The zero-order chi connectivity index (χ0) is 15.5. The average molecular weight is 289 g/mol. The molecule has 0 N–H and O–H groups in total. The predicted molar refractivity (Wildman–Crippen MR) is 75.8 cm³/mol. The second-order valence-corrected chi connectivity index (χ2v) is 5.50. The molecule has 0 saturated carbocycles. The molecule has 1 heterocycles. The summed E-state index contributed by atoms with van der Waals surface area (Å²) in [4.78, 5) is 16.2. The zero-order valence-corrected chi connectivity index (χ0v) is 12.1. The Labute approximate surface area is 122 Å². The van der Waals surface area contributed by atoms with Crippen molar-refractivity contribution >= 4 is 12.0 Å². The van der Waals surface area contributed by atoms with E-state index in [4.69, 9.17) is 4.74 Å². The normalized spacial score (nSPS) is 12.3. The lowest BCUT2D eigenvalue weighted by Crippen LogP contribution is -2.25. The Morgan fingerprint density at radius 3 is 2.48 bits per heavy atom. The summed E-state index contributed by atoms with van der Waals surface area (Å²) in [7, 11) is 0. The lowest BCUT2D eigenvalue weighted by molar-refractivity contribution is -0.124. The second-order valence-electron chi connectivity index (χ2n) is 5.50. The molecule has 0 spiro atoms. The first-order valence-electron chi connectivity index (χ1n) is 6.40. The van der Waals surface area contributed by atoms with Gasteiger partial charge in [0.05, 0.1) is 6.20 Å². The van der Waals surface area contributed by atoms with Crippen molar-refractivity contribution in [3.63, 3.8) is 0 Å². The molecule has 1 aromatic carbocycles. The number of hydrogen-bond donors (Lipinski definition) is 0. The number of carbonyl (C=O) groups excluding carboxylic acids is 1. The SMILES string of the molecule is CC(C)(C)C(=O)/C(=C\n1cncn1)Oc1ccc(F)cc1. The minimum Gasteiger partial charge on any atom is -0.452 e. The summed E-state index contributed by atoms with van der Waals surface area (Å²) >= 11 is 0. The predicted octanol–water partition coefficient (Wildman–Crippen LogP) is 2.91. The third-order valence-corrected chi connectivity index (χ3v) is 2.63. The number of aromatic nitrogens is 3. The molecule has 1 aromatic heterocycles. The van der Waals surface area contributed by atoms with Gasteiger partial charge >= 0.3 is 0 Å². The number of hydrogen-bond acceptors (Lipinski definition) is 4. The van der Waals surface area contributed by atoms with Crippen LogP contribution >= 0.6 is 0 Å². The third-order valence-electron chi connectivity index (χ3n) is 2.63. The van der Waals surface area contributed by atoms with Gasteiger partial charge in [-0.15, -0.1) is 0 Å². The van der Waals surface area contributed by atoms with Crippen molar-refractivity contribution in [3.05, 3.63) is 48.5 Å². The number of carbonyl (C=O) groups is 1. The molecule has 0 fully saturated rings. The molecular formula is C15H16FN3O2. The number of ketones is 1. The van der Waals surface area contributed by atoms with Gasteiger partial charge in [0.15, 0.2) is 5.76 Å². The Kier molecular flexibility index (Phi) is 4.16. The van der Waals surface area contributed by atoms with Crippen LogP contribution in [0.25, 0.3) is 6.20 Å². The van der Waals surface area contributed by atoms with E-state index in [1.807, 2.05) is 0 Å². The topological polar surface area (TPSA) is 57.0 Å². The molecular weight excluding hydrogens is 273 g/mol. The van der Waals surface area contributed by atoms with E-state index in [2.05, 4.69) is 10.1 Å². The largest absolute Gasteiger partial charge is 0.452 e. The maximum absolute atomic E-state index is 12.9. The smallest absolute Gasteiger partial charge is 0.204 e. The van der Waals surface area contributed by atoms with E-state index < -0.39 is 5.41 Å². The molecule has 0 aliphatic carbocycles. The highest BCUT2D eigenvalue weighted by atomic mass is 19.1. The molecule has 0 atom stereocenters. The van der Waals surface area contributed by atoms with Crippen LogP contribution < -0.4 is 4.74 Å². The van der Waals surface area contributed by atoms with Crippen LogP contribution in [0.2, 0.25) is 0 Å². The van der Waals surface area contributed by atoms with Crippen molar-refractivity contribution in [2.45, 2.75) is 20.8 Å². The van der Waals surface area contributed by atoms with E-state index in [9.17, 15) is 9.18 Å². The fraction of sp³-hybridized carbons (Fsp3) is 0.267. The summed E-state index contributed by atoms with van der Waals surface area (Å²) in [6.07, 6.45) is 4.25. The van der Waals surface area contributed by atoms with E-state index in [1.54, 1.807) is 20.8 Å². The van der Waals surface area contributed by atoms with Crippen molar-refractivity contribution in [1.82, 2.24) is 14.8 Å². The molecule has 5 nitrogen and oxygen atoms in total. The van der Waals surface area contributed by atoms with Gasteiger partial charge in [-0.2, -0.15) is 5.10 Å². The first kappa shape index (κ1) is 14.9. The maximum atomic E-state index is 12.9. The average Bonchev–Trinajstić information content (AvgIpc) is 2.91. The minimum atomic E-state index is -0.619. The number of halogens is 1. The summed E-state index contributed by atoms with van der Waals surface area (Å²) in [6.45, 7) is 5.37. The number of benzene rings is 1. The molecule has 0 aliphatic heterocycles. The zero-order valence-electron chi connectivity index (χ0n) is 12.1. The maximum Gasteiger partial charge on any atom is 0.204 e. The minimum absolute atomic E-state index is 0.111. The summed E-state index contributed by atoms with van der Waals surface area (Å²) in [5, 5.41) is 3.91. The van der Waals surface area contributed by atoms with Crippen molar-refractivity contribution < 1.29 is 13.9 Å². The van der Waals surface area contributed by atoms with E-state index in [0.717, 1.165) is 0 Å². The van der Waals surface area contributed by atoms with Gasteiger partial charge in [-0.3, -0.25) is 4.79 Å². The van der Waals surface area contributed by atoms with Crippen LogP contribution in [0.5, 0.6) is 5.75 Å². The fourth-order valence-corrected chi connectivity index (χ4v) is 1.53. The third kappa shape index (κ3) is 3.98. The van der Waals surface area contributed by atoms with E-state index >= 15 is 0 Å². The number of allylic oxidation sites excluding steroid dienone is 1.